The molecule has 1 aliphatic heterocycles. The zero-order chi connectivity index (χ0) is 22.1. The van der Waals surface area contributed by atoms with Gasteiger partial charge < -0.3 is 14.7 Å². The number of anilines is 1. The number of hydrogen-bond donors (Lipinski definition) is 1. The number of rotatable bonds is 8. The van der Waals surface area contributed by atoms with Gasteiger partial charge in [-0.05, 0) is 43.0 Å². The van der Waals surface area contributed by atoms with Crippen LogP contribution in [0.15, 0.2) is 36.4 Å². The first-order valence-corrected chi connectivity index (χ1v) is 10.6. The number of ether oxygens (including phenoxy) is 1. The van der Waals surface area contributed by atoms with E-state index in [-0.39, 0.29) is 28.8 Å². The van der Waals surface area contributed by atoms with Gasteiger partial charge in [-0.1, -0.05) is 55.2 Å². The Bertz CT molecular complexity index is 958. The van der Waals surface area contributed by atoms with E-state index >= 15 is 0 Å². The average Bonchev–Trinajstić information content (AvgIpc) is 2.87. The molecular weight excluding hydrogens is 425 g/mol. The highest BCUT2D eigenvalue weighted by Gasteiger charge is 2.51. The minimum atomic E-state index is -1.95. The Morgan fingerprint density at radius 2 is 1.83 bits per heavy atom. The van der Waals surface area contributed by atoms with Crippen LogP contribution >= 0.6 is 23.2 Å². The number of benzene rings is 2. The van der Waals surface area contributed by atoms with Gasteiger partial charge in [-0.3, -0.25) is 9.59 Å². The highest BCUT2D eigenvalue weighted by atomic mass is 35.5. The number of ketones is 1. The molecule has 0 radical (unpaired) electrons. The summed E-state index contributed by atoms with van der Waals surface area (Å²) in [6.45, 7) is 6.44. The SMILES string of the molecule is CC(=O)CC1(O)C(=O)N(Cc2ccc(OCCC(C)C)cc2)c2c1ccc(Cl)c2Cl. The lowest BCUT2D eigenvalue weighted by Gasteiger charge is -2.22. The van der Waals surface area contributed by atoms with Crippen LogP contribution in [0.4, 0.5) is 5.69 Å². The summed E-state index contributed by atoms with van der Waals surface area (Å²) in [5, 5.41) is 11.5. The van der Waals surface area contributed by atoms with Crippen molar-refractivity contribution < 1.29 is 19.4 Å². The van der Waals surface area contributed by atoms with Gasteiger partial charge in [0.25, 0.3) is 5.91 Å². The van der Waals surface area contributed by atoms with Crippen molar-refractivity contribution in [2.45, 2.75) is 45.8 Å². The Morgan fingerprint density at radius 3 is 2.43 bits per heavy atom. The van der Waals surface area contributed by atoms with Gasteiger partial charge in [0.2, 0.25) is 0 Å². The molecule has 2 aromatic rings. The molecule has 1 heterocycles. The van der Waals surface area contributed by atoms with Gasteiger partial charge in [0.15, 0.2) is 5.60 Å². The summed E-state index contributed by atoms with van der Waals surface area (Å²) in [6.07, 6.45) is 0.644. The molecule has 0 aromatic heterocycles. The molecule has 0 spiro atoms. The lowest BCUT2D eigenvalue weighted by Crippen LogP contribution is -2.41. The third-order valence-corrected chi connectivity index (χ3v) is 5.91. The molecule has 0 saturated carbocycles. The Morgan fingerprint density at radius 1 is 1.17 bits per heavy atom. The topological polar surface area (TPSA) is 66.8 Å². The maximum Gasteiger partial charge on any atom is 0.264 e. The van der Waals surface area contributed by atoms with Crippen LogP contribution in [0.3, 0.4) is 0 Å². The number of nitrogens with zero attached hydrogens (tertiary/aromatic N) is 1. The van der Waals surface area contributed by atoms with E-state index < -0.39 is 11.5 Å². The molecule has 2 aromatic carbocycles. The van der Waals surface area contributed by atoms with Crippen LogP contribution in [0, 0.1) is 5.92 Å². The van der Waals surface area contributed by atoms with Crippen LogP contribution < -0.4 is 9.64 Å². The lowest BCUT2D eigenvalue weighted by atomic mass is 9.90. The molecule has 3 rings (SSSR count). The number of Topliss-reactive ketones (excluding diaryl/α,β-unsaturated/α-hetero) is 1. The fourth-order valence-corrected chi connectivity index (χ4v) is 3.97. The summed E-state index contributed by atoms with van der Waals surface area (Å²) >= 11 is 12.6. The number of fused-ring (bicyclic) bond motifs is 1. The monoisotopic (exact) mass is 449 g/mol. The van der Waals surface area contributed by atoms with Gasteiger partial charge in [-0.2, -0.15) is 0 Å². The van der Waals surface area contributed by atoms with Crippen molar-refractivity contribution in [2.75, 3.05) is 11.5 Å². The van der Waals surface area contributed by atoms with Gasteiger partial charge in [0.1, 0.15) is 11.5 Å². The zero-order valence-electron chi connectivity index (χ0n) is 17.2. The molecule has 5 nitrogen and oxygen atoms in total. The number of carbonyl (C=O) groups excluding carboxylic acids is 2. The third-order valence-electron chi connectivity index (χ3n) is 5.12. The number of carbonyl (C=O) groups is 2. The highest BCUT2D eigenvalue weighted by Crippen LogP contribution is 2.49. The van der Waals surface area contributed by atoms with Crippen LogP contribution in [0.25, 0.3) is 0 Å². The van der Waals surface area contributed by atoms with Gasteiger partial charge in [0, 0.05) is 12.0 Å². The first kappa shape index (κ1) is 22.6. The van der Waals surface area contributed by atoms with Crippen molar-refractivity contribution >= 4 is 40.6 Å². The van der Waals surface area contributed by atoms with Gasteiger partial charge in [-0.15, -0.1) is 0 Å². The predicted molar refractivity (Wildman–Crippen MR) is 118 cm³/mol. The average molecular weight is 450 g/mol. The number of halogens is 2. The molecule has 0 fully saturated rings. The molecule has 1 atom stereocenters. The second-order valence-electron chi connectivity index (χ2n) is 8.06. The standard InChI is InChI=1S/C23H25Cl2NO4/c1-14(2)10-11-30-17-6-4-16(5-7-17)13-26-21-18(8-9-19(24)20(21)25)23(29,22(26)28)12-15(3)27/h4-9,14,29H,10-13H2,1-3H3. The molecule has 1 unspecified atom stereocenters. The van der Waals surface area contributed by atoms with E-state index in [1.165, 1.54) is 17.9 Å². The van der Waals surface area contributed by atoms with Crippen LogP contribution in [0.2, 0.25) is 10.0 Å². The van der Waals surface area contributed by atoms with Gasteiger partial charge in [-0.25, -0.2) is 0 Å². The molecule has 7 heteroatoms. The van der Waals surface area contributed by atoms with E-state index in [1.807, 2.05) is 24.3 Å². The fourth-order valence-electron chi connectivity index (χ4n) is 3.55. The molecule has 160 valence electrons. The van der Waals surface area contributed by atoms with E-state index in [4.69, 9.17) is 27.9 Å². The van der Waals surface area contributed by atoms with E-state index in [0.717, 1.165) is 17.7 Å². The van der Waals surface area contributed by atoms with Gasteiger partial charge >= 0.3 is 0 Å². The van der Waals surface area contributed by atoms with E-state index in [1.54, 1.807) is 6.07 Å². The first-order chi connectivity index (χ1) is 14.1. The summed E-state index contributed by atoms with van der Waals surface area (Å²) in [5.41, 5.74) is -0.482. The molecule has 1 amide bonds. The van der Waals surface area contributed by atoms with Crippen molar-refractivity contribution in [3.63, 3.8) is 0 Å². The van der Waals surface area contributed by atoms with Crippen LogP contribution in [-0.4, -0.2) is 23.4 Å². The molecule has 30 heavy (non-hydrogen) atoms. The quantitative estimate of drug-likeness (QED) is 0.606. The summed E-state index contributed by atoms with van der Waals surface area (Å²) < 4.78 is 5.73. The van der Waals surface area contributed by atoms with Gasteiger partial charge in [0.05, 0.1) is 28.9 Å². The van der Waals surface area contributed by atoms with Crippen molar-refractivity contribution in [3.05, 3.63) is 57.6 Å². The van der Waals surface area contributed by atoms with E-state index in [9.17, 15) is 14.7 Å². The number of amides is 1. The van der Waals surface area contributed by atoms with Crippen molar-refractivity contribution in [2.24, 2.45) is 5.92 Å². The molecule has 0 aliphatic carbocycles. The van der Waals surface area contributed by atoms with Crippen molar-refractivity contribution in [1.82, 2.24) is 0 Å². The molecule has 0 saturated heterocycles. The Hall–Kier alpha value is -2.08. The summed E-state index contributed by atoms with van der Waals surface area (Å²) in [6, 6.07) is 10.5. The lowest BCUT2D eigenvalue weighted by molar-refractivity contribution is -0.141. The summed E-state index contributed by atoms with van der Waals surface area (Å²) in [7, 11) is 0. The number of hydrogen-bond acceptors (Lipinski definition) is 4. The summed E-state index contributed by atoms with van der Waals surface area (Å²) in [4.78, 5) is 26.3. The maximum atomic E-state index is 13.2. The van der Waals surface area contributed by atoms with Crippen LogP contribution in [0.1, 0.15) is 44.7 Å². The molecular formula is C23H25Cl2NO4. The summed E-state index contributed by atoms with van der Waals surface area (Å²) in [5.74, 6) is 0.430. The van der Waals surface area contributed by atoms with E-state index in [2.05, 4.69) is 13.8 Å². The molecule has 0 bridgehead atoms. The maximum absolute atomic E-state index is 13.2. The zero-order valence-corrected chi connectivity index (χ0v) is 18.8. The highest BCUT2D eigenvalue weighted by molar-refractivity contribution is 6.44. The minimum absolute atomic E-state index is 0.177. The second kappa shape index (κ2) is 8.96. The largest absolute Gasteiger partial charge is 0.494 e. The molecule has 1 N–H and O–H groups in total. The number of aliphatic hydroxyl groups is 1. The predicted octanol–water partition coefficient (Wildman–Crippen LogP) is 5.13. The Kier molecular flexibility index (Phi) is 6.75. The van der Waals surface area contributed by atoms with E-state index in [0.29, 0.717) is 23.8 Å². The van der Waals surface area contributed by atoms with Crippen LogP contribution in [0.5, 0.6) is 5.75 Å². The molecule has 1 aliphatic rings. The Balaban J connectivity index is 1.87. The van der Waals surface area contributed by atoms with Crippen LogP contribution in [-0.2, 0) is 21.7 Å². The first-order valence-electron chi connectivity index (χ1n) is 9.87. The minimum Gasteiger partial charge on any atom is -0.494 e. The fraction of sp³-hybridized carbons (Fsp3) is 0.391. The normalized spacial score (nSPS) is 18.1. The Labute approximate surface area is 186 Å². The smallest absolute Gasteiger partial charge is 0.264 e. The third kappa shape index (κ3) is 4.48. The van der Waals surface area contributed by atoms with Crippen molar-refractivity contribution in [1.29, 1.82) is 0 Å². The second-order valence-corrected chi connectivity index (χ2v) is 8.85. The van der Waals surface area contributed by atoms with Crippen molar-refractivity contribution in [3.8, 4) is 5.75 Å².